The molecule has 0 bridgehead atoms. The van der Waals surface area contributed by atoms with Crippen molar-refractivity contribution in [2.75, 3.05) is 19.7 Å². The van der Waals surface area contributed by atoms with E-state index < -0.39 is 0 Å². The first kappa shape index (κ1) is 15.0. The third-order valence-electron chi connectivity index (χ3n) is 5.20. The van der Waals surface area contributed by atoms with Crippen molar-refractivity contribution in [2.24, 2.45) is 11.8 Å². The van der Waals surface area contributed by atoms with Crippen LogP contribution in [0.25, 0.3) is 0 Å². The Morgan fingerprint density at radius 2 is 2.05 bits per heavy atom. The lowest BCUT2D eigenvalue weighted by molar-refractivity contribution is 0.178. The second-order valence-corrected chi connectivity index (χ2v) is 6.89. The average molecular weight is 288 g/mol. The molecule has 3 rings (SSSR count). The predicted molar refractivity (Wildman–Crippen MR) is 86.0 cm³/mol. The Hall–Kier alpha value is -0.900. The molecule has 3 heteroatoms. The topological polar surface area (TPSA) is 35.5 Å². The van der Waals surface area contributed by atoms with E-state index in [1.54, 1.807) is 0 Å². The number of benzene rings is 1. The molecule has 2 fully saturated rings. The van der Waals surface area contributed by atoms with Gasteiger partial charge in [-0.05, 0) is 37.2 Å². The molecule has 0 spiro atoms. The van der Waals surface area contributed by atoms with Crippen molar-refractivity contribution in [3.8, 4) is 0 Å². The summed E-state index contributed by atoms with van der Waals surface area (Å²) < 4.78 is 0. The molecular formula is C18H28N2O. The van der Waals surface area contributed by atoms with E-state index in [9.17, 15) is 5.11 Å². The quantitative estimate of drug-likeness (QED) is 0.872. The van der Waals surface area contributed by atoms with Gasteiger partial charge >= 0.3 is 0 Å². The number of hydrogen-bond donors (Lipinski definition) is 2. The molecule has 3 nitrogen and oxygen atoms in total. The minimum atomic E-state index is 0.219. The van der Waals surface area contributed by atoms with Crippen LogP contribution in [0.3, 0.4) is 0 Å². The second kappa shape index (κ2) is 6.91. The summed E-state index contributed by atoms with van der Waals surface area (Å²) in [5.74, 6) is 1.60. The first-order valence-corrected chi connectivity index (χ1v) is 8.39. The molecule has 116 valence electrons. The molecule has 1 heterocycles. The van der Waals surface area contributed by atoms with E-state index in [1.807, 2.05) is 0 Å². The molecule has 1 aliphatic carbocycles. The van der Waals surface area contributed by atoms with Crippen LogP contribution < -0.4 is 5.32 Å². The fourth-order valence-electron chi connectivity index (χ4n) is 4.16. The lowest BCUT2D eigenvalue weighted by Gasteiger charge is -2.35. The lowest BCUT2D eigenvalue weighted by Crippen LogP contribution is -2.47. The SMILES string of the molecule is C[C@H](CO)N[C@@H]1CCC[C@H]2CN(Cc3ccccc3)C[C@H]21. The number of nitrogens with one attached hydrogen (secondary N) is 1. The van der Waals surface area contributed by atoms with Gasteiger partial charge in [0.05, 0.1) is 6.61 Å². The smallest absolute Gasteiger partial charge is 0.0582 e. The Bertz CT molecular complexity index is 436. The van der Waals surface area contributed by atoms with Gasteiger partial charge < -0.3 is 10.4 Å². The van der Waals surface area contributed by atoms with Crippen LogP contribution in [0.15, 0.2) is 30.3 Å². The highest BCUT2D eigenvalue weighted by atomic mass is 16.3. The average Bonchev–Trinajstić information content (AvgIpc) is 2.91. The molecule has 2 aliphatic rings. The number of fused-ring (bicyclic) bond motifs is 1. The molecule has 0 aromatic heterocycles. The van der Waals surface area contributed by atoms with Crippen molar-refractivity contribution in [3.63, 3.8) is 0 Å². The molecule has 21 heavy (non-hydrogen) atoms. The van der Waals surface area contributed by atoms with Crippen molar-refractivity contribution in [1.82, 2.24) is 10.2 Å². The Morgan fingerprint density at radius 1 is 1.24 bits per heavy atom. The molecule has 0 unspecified atom stereocenters. The number of aliphatic hydroxyl groups excluding tert-OH is 1. The van der Waals surface area contributed by atoms with E-state index in [4.69, 9.17) is 0 Å². The molecule has 2 N–H and O–H groups in total. The van der Waals surface area contributed by atoms with Gasteiger partial charge in [0.1, 0.15) is 0 Å². The normalized spacial score (nSPS) is 31.0. The maximum Gasteiger partial charge on any atom is 0.0582 e. The maximum atomic E-state index is 9.28. The summed E-state index contributed by atoms with van der Waals surface area (Å²) in [5.41, 5.74) is 1.42. The predicted octanol–water partition coefficient (Wildman–Crippen LogP) is 2.26. The van der Waals surface area contributed by atoms with E-state index in [0.29, 0.717) is 6.04 Å². The molecule has 1 saturated heterocycles. The minimum absolute atomic E-state index is 0.219. The summed E-state index contributed by atoms with van der Waals surface area (Å²) in [6.45, 7) is 5.85. The van der Waals surface area contributed by atoms with Crippen molar-refractivity contribution in [1.29, 1.82) is 0 Å². The van der Waals surface area contributed by atoms with Gasteiger partial charge in [-0.3, -0.25) is 4.90 Å². The molecule has 1 saturated carbocycles. The van der Waals surface area contributed by atoms with Gasteiger partial charge in [0.15, 0.2) is 0 Å². The van der Waals surface area contributed by atoms with E-state index in [1.165, 1.54) is 37.9 Å². The highest BCUT2D eigenvalue weighted by Gasteiger charge is 2.40. The summed E-state index contributed by atoms with van der Waals surface area (Å²) >= 11 is 0. The zero-order valence-electron chi connectivity index (χ0n) is 13.0. The summed E-state index contributed by atoms with van der Waals surface area (Å²) in [6.07, 6.45) is 3.97. The summed E-state index contributed by atoms with van der Waals surface area (Å²) in [5, 5.41) is 12.9. The third-order valence-corrected chi connectivity index (χ3v) is 5.20. The number of nitrogens with zero attached hydrogens (tertiary/aromatic N) is 1. The third kappa shape index (κ3) is 3.65. The zero-order valence-corrected chi connectivity index (χ0v) is 13.0. The van der Waals surface area contributed by atoms with E-state index in [0.717, 1.165) is 18.4 Å². The van der Waals surface area contributed by atoms with Gasteiger partial charge in [0.25, 0.3) is 0 Å². The Morgan fingerprint density at radius 3 is 2.81 bits per heavy atom. The molecule has 0 radical (unpaired) electrons. The monoisotopic (exact) mass is 288 g/mol. The van der Waals surface area contributed by atoms with Crippen LogP contribution in [0.1, 0.15) is 31.7 Å². The van der Waals surface area contributed by atoms with E-state index in [-0.39, 0.29) is 12.6 Å². The van der Waals surface area contributed by atoms with Crippen molar-refractivity contribution < 1.29 is 5.11 Å². The summed E-state index contributed by atoms with van der Waals surface area (Å²) in [6, 6.07) is 11.6. The first-order chi connectivity index (χ1) is 10.3. The highest BCUT2D eigenvalue weighted by Crippen LogP contribution is 2.37. The fraction of sp³-hybridized carbons (Fsp3) is 0.667. The molecule has 1 aromatic rings. The molecule has 1 aromatic carbocycles. The van der Waals surface area contributed by atoms with Crippen LogP contribution in [0.5, 0.6) is 0 Å². The van der Waals surface area contributed by atoms with E-state index >= 15 is 0 Å². The summed E-state index contributed by atoms with van der Waals surface area (Å²) in [7, 11) is 0. The van der Waals surface area contributed by atoms with Crippen molar-refractivity contribution in [2.45, 2.75) is 44.8 Å². The first-order valence-electron chi connectivity index (χ1n) is 8.39. The number of rotatable bonds is 5. The van der Waals surface area contributed by atoms with Crippen LogP contribution in [0.4, 0.5) is 0 Å². The van der Waals surface area contributed by atoms with Crippen molar-refractivity contribution in [3.05, 3.63) is 35.9 Å². The van der Waals surface area contributed by atoms with Crippen LogP contribution in [-0.2, 0) is 6.54 Å². The number of aliphatic hydroxyl groups is 1. The molecule has 4 atom stereocenters. The zero-order chi connectivity index (χ0) is 14.7. The Kier molecular flexibility index (Phi) is 4.94. The highest BCUT2D eigenvalue weighted by molar-refractivity contribution is 5.15. The second-order valence-electron chi connectivity index (χ2n) is 6.89. The van der Waals surface area contributed by atoms with Gasteiger partial charge in [-0.25, -0.2) is 0 Å². The number of likely N-dealkylation sites (tertiary alicyclic amines) is 1. The molecular weight excluding hydrogens is 260 g/mol. The van der Waals surface area contributed by atoms with Gasteiger partial charge in [0.2, 0.25) is 0 Å². The fourth-order valence-corrected chi connectivity index (χ4v) is 4.16. The minimum Gasteiger partial charge on any atom is -0.395 e. The van der Waals surface area contributed by atoms with Gasteiger partial charge in [-0.15, -0.1) is 0 Å². The van der Waals surface area contributed by atoms with Crippen molar-refractivity contribution >= 4 is 0 Å². The maximum absolute atomic E-state index is 9.28. The van der Waals surface area contributed by atoms with Crippen LogP contribution >= 0.6 is 0 Å². The summed E-state index contributed by atoms with van der Waals surface area (Å²) in [4.78, 5) is 2.62. The Balaban J connectivity index is 1.60. The number of hydrogen-bond acceptors (Lipinski definition) is 3. The molecule has 1 aliphatic heterocycles. The van der Waals surface area contributed by atoms with Gasteiger partial charge in [-0.2, -0.15) is 0 Å². The van der Waals surface area contributed by atoms with Crippen LogP contribution in [0, 0.1) is 11.8 Å². The van der Waals surface area contributed by atoms with E-state index in [2.05, 4.69) is 47.5 Å². The van der Waals surface area contributed by atoms with Gasteiger partial charge in [-0.1, -0.05) is 36.8 Å². The lowest BCUT2D eigenvalue weighted by atomic mass is 9.78. The standard InChI is InChI=1S/C18H28N2O/c1-14(13-21)19-18-9-5-8-16-11-20(12-17(16)18)10-15-6-3-2-4-7-15/h2-4,6-7,14,16-19,21H,5,8-13H2,1H3/t14-,16+,17-,18-/m1/s1. The molecule has 0 amide bonds. The van der Waals surface area contributed by atoms with Crippen LogP contribution in [-0.4, -0.2) is 41.8 Å². The largest absolute Gasteiger partial charge is 0.395 e. The van der Waals surface area contributed by atoms with Crippen LogP contribution in [0.2, 0.25) is 0 Å². The van der Waals surface area contributed by atoms with Gasteiger partial charge in [0, 0.05) is 31.7 Å². The Labute approximate surface area is 128 Å².